The molecular formula is C20H27N4O2+. The van der Waals surface area contributed by atoms with Gasteiger partial charge in [0.05, 0.1) is 38.1 Å². The summed E-state index contributed by atoms with van der Waals surface area (Å²) in [7, 11) is 6.17. The highest BCUT2D eigenvalue weighted by Gasteiger charge is 2.16. The summed E-state index contributed by atoms with van der Waals surface area (Å²) in [6, 6.07) is 10.4. The van der Waals surface area contributed by atoms with Crippen LogP contribution in [0.2, 0.25) is 0 Å². The Balaban J connectivity index is 1.76. The lowest BCUT2D eigenvalue weighted by atomic mass is 10.1. The first-order valence-corrected chi connectivity index (χ1v) is 8.71. The van der Waals surface area contributed by atoms with E-state index in [2.05, 4.69) is 48.9 Å². The lowest BCUT2D eigenvalue weighted by Crippen LogP contribution is -2.41. The third-order valence-corrected chi connectivity index (χ3v) is 4.30. The summed E-state index contributed by atoms with van der Waals surface area (Å²) in [5.74, 6) is -0.112. The van der Waals surface area contributed by atoms with Crippen LogP contribution in [0.4, 0.5) is 0 Å². The second-order valence-corrected chi connectivity index (χ2v) is 7.10. The van der Waals surface area contributed by atoms with Gasteiger partial charge in [0, 0.05) is 31.8 Å². The van der Waals surface area contributed by atoms with E-state index in [9.17, 15) is 9.70 Å². The maximum absolute atomic E-state index is 12.3. The van der Waals surface area contributed by atoms with E-state index >= 15 is 0 Å². The minimum atomic E-state index is -0.112. The van der Waals surface area contributed by atoms with Crippen LogP contribution in [0.1, 0.15) is 12.0 Å². The molecule has 2 rings (SSSR count). The fourth-order valence-electron chi connectivity index (χ4n) is 2.91. The quantitative estimate of drug-likeness (QED) is 0.443. The Morgan fingerprint density at radius 2 is 1.96 bits per heavy atom. The van der Waals surface area contributed by atoms with Crippen LogP contribution in [0.25, 0.3) is 0 Å². The van der Waals surface area contributed by atoms with E-state index in [0.29, 0.717) is 17.8 Å². The fraction of sp³-hybridized carbons (Fsp3) is 0.350. The van der Waals surface area contributed by atoms with Crippen molar-refractivity contribution in [3.8, 4) is 0 Å². The predicted octanol–water partition coefficient (Wildman–Crippen LogP) is 2.76. The van der Waals surface area contributed by atoms with Crippen molar-refractivity contribution in [1.29, 1.82) is 0 Å². The number of allylic oxidation sites excluding steroid dienone is 1. The second-order valence-electron chi connectivity index (χ2n) is 7.10. The Bertz CT molecular complexity index is 721. The number of rotatable bonds is 8. The van der Waals surface area contributed by atoms with E-state index in [1.165, 1.54) is 11.8 Å². The normalized spacial score (nSPS) is 15.7. The Morgan fingerprint density at radius 3 is 2.62 bits per heavy atom. The maximum atomic E-state index is 12.3. The van der Waals surface area contributed by atoms with Crippen molar-refractivity contribution >= 4 is 5.91 Å². The van der Waals surface area contributed by atoms with Crippen LogP contribution in [0, 0.1) is 4.91 Å². The zero-order valence-corrected chi connectivity index (χ0v) is 15.7. The molecule has 0 aromatic heterocycles. The van der Waals surface area contributed by atoms with E-state index < -0.39 is 0 Å². The first-order chi connectivity index (χ1) is 12.4. The minimum Gasteiger partial charge on any atom is -0.352 e. The highest BCUT2D eigenvalue weighted by molar-refractivity contribution is 5.96. The van der Waals surface area contributed by atoms with Crippen LogP contribution in [0.5, 0.6) is 0 Å². The number of quaternary nitrogens is 1. The average molecular weight is 355 g/mol. The van der Waals surface area contributed by atoms with Crippen LogP contribution in [0.15, 0.2) is 71.3 Å². The van der Waals surface area contributed by atoms with Crippen molar-refractivity contribution in [2.24, 2.45) is 5.18 Å². The van der Waals surface area contributed by atoms with Crippen molar-refractivity contribution < 1.29 is 9.28 Å². The van der Waals surface area contributed by atoms with Gasteiger partial charge in [-0.2, -0.15) is 0 Å². The second kappa shape index (κ2) is 9.10. The van der Waals surface area contributed by atoms with Gasteiger partial charge in [-0.15, -0.1) is 4.91 Å². The largest absolute Gasteiger partial charge is 0.352 e. The molecule has 0 aliphatic carbocycles. The molecule has 0 bridgehead atoms. The molecule has 26 heavy (non-hydrogen) atoms. The molecule has 6 nitrogen and oxygen atoms in total. The van der Waals surface area contributed by atoms with Gasteiger partial charge >= 0.3 is 0 Å². The van der Waals surface area contributed by atoms with Crippen LogP contribution < -0.4 is 5.32 Å². The van der Waals surface area contributed by atoms with Gasteiger partial charge in [-0.25, -0.2) is 0 Å². The summed E-state index contributed by atoms with van der Waals surface area (Å²) >= 11 is 0. The molecular weight excluding hydrogens is 328 g/mol. The van der Waals surface area contributed by atoms with Gasteiger partial charge in [0.15, 0.2) is 0 Å². The van der Waals surface area contributed by atoms with Gasteiger partial charge in [-0.05, 0) is 17.3 Å². The lowest BCUT2D eigenvalue weighted by Gasteiger charge is -2.30. The van der Waals surface area contributed by atoms with Crippen molar-refractivity contribution in [3.05, 3.63) is 76.6 Å². The van der Waals surface area contributed by atoms with Gasteiger partial charge in [0.1, 0.15) is 6.54 Å². The van der Waals surface area contributed by atoms with Gasteiger partial charge in [0.25, 0.3) is 5.91 Å². The molecule has 0 atom stereocenters. The number of likely N-dealkylation sites (N-methyl/N-ethyl adjacent to an activating group) is 1. The summed E-state index contributed by atoms with van der Waals surface area (Å²) < 4.78 is 0.873. The van der Waals surface area contributed by atoms with Crippen molar-refractivity contribution in [1.82, 2.24) is 10.2 Å². The van der Waals surface area contributed by atoms with Gasteiger partial charge in [-0.1, -0.05) is 30.3 Å². The highest BCUT2D eigenvalue weighted by atomic mass is 16.2. The van der Waals surface area contributed by atoms with E-state index in [1.807, 2.05) is 6.07 Å². The molecule has 0 saturated carbocycles. The molecule has 0 saturated heterocycles. The molecule has 1 amide bonds. The number of amides is 1. The average Bonchev–Trinajstić information content (AvgIpc) is 2.61. The standard InChI is InChI=1S/C20H26N4O2/c1-23-15-18(10-11-19(23)14-22-26)20(25)21-12-7-13-24(2,3)16-17-8-5-4-6-9-17/h4-6,8-11,14-15H,7,12-13,16H2,1-3H3/p+1/b19-14+. The number of hydrogen-bond acceptors (Lipinski definition) is 4. The number of nitroso groups, excluding NO2 is 1. The third kappa shape index (κ3) is 5.97. The SMILES string of the molecule is CN1C=C(C(=O)NCCC[N+](C)(C)Cc2ccccc2)C=C/C1=C\N=O. The fourth-order valence-corrected chi connectivity index (χ4v) is 2.91. The third-order valence-electron chi connectivity index (χ3n) is 4.30. The van der Waals surface area contributed by atoms with E-state index in [-0.39, 0.29) is 5.91 Å². The predicted molar refractivity (Wildman–Crippen MR) is 104 cm³/mol. The Kier molecular flexibility index (Phi) is 6.86. The molecule has 1 aliphatic rings. The van der Waals surface area contributed by atoms with Gasteiger partial charge in [0.2, 0.25) is 0 Å². The molecule has 138 valence electrons. The summed E-state index contributed by atoms with van der Waals surface area (Å²) in [5, 5.41) is 5.71. The zero-order valence-electron chi connectivity index (χ0n) is 15.7. The Hall–Kier alpha value is -2.73. The summed E-state index contributed by atoms with van der Waals surface area (Å²) in [6.07, 6.45) is 7.21. The zero-order chi connectivity index (χ0) is 19.0. The van der Waals surface area contributed by atoms with Crippen molar-refractivity contribution in [2.75, 3.05) is 34.2 Å². The van der Waals surface area contributed by atoms with Crippen LogP contribution in [0.3, 0.4) is 0 Å². The first-order valence-electron chi connectivity index (χ1n) is 8.71. The van der Waals surface area contributed by atoms with Crippen molar-refractivity contribution in [3.63, 3.8) is 0 Å². The van der Waals surface area contributed by atoms with Crippen LogP contribution >= 0.6 is 0 Å². The van der Waals surface area contributed by atoms with Crippen LogP contribution in [-0.4, -0.2) is 49.5 Å². The number of hydrogen-bond donors (Lipinski definition) is 1. The Morgan fingerprint density at radius 1 is 1.23 bits per heavy atom. The molecule has 6 heteroatoms. The number of carbonyl (C=O) groups is 1. The summed E-state index contributed by atoms with van der Waals surface area (Å²) in [5.41, 5.74) is 2.53. The topological polar surface area (TPSA) is 61.8 Å². The summed E-state index contributed by atoms with van der Waals surface area (Å²) in [6.45, 7) is 2.57. The monoisotopic (exact) mass is 355 g/mol. The van der Waals surface area contributed by atoms with Gasteiger partial charge in [-0.3, -0.25) is 4.79 Å². The molecule has 1 aromatic carbocycles. The molecule has 1 heterocycles. The minimum absolute atomic E-state index is 0.112. The van der Waals surface area contributed by atoms with Crippen LogP contribution in [-0.2, 0) is 11.3 Å². The molecule has 0 unspecified atom stereocenters. The molecule has 0 fully saturated rings. The lowest BCUT2D eigenvalue weighted by molar-refractivity contribution is -0.903. The number of carbonyl (C=O) groups excluding carboxylic acids is 1. The van der Waals surface area contributed by atoms with E-state index in [0.717, 1.165) is 24.0 Å². The smallest absolute Gasteiger partial charge is 0.252 e. The van der Waals surface area contributed by atoms with E-state index in [1.54, 1.807) is 30.3 Å². The highest BCUT2D eigenvalue weighted by Crippen LogP contribution is 2.15. The number of nitrogens with zero attached hydrogens (tertiary/aromatic N) is 3. The van der Waals surface area contributed by atoms with Crippen molar-refractivity contribution in [2.45, 2.75) is 13.0 Å². The number of nitrogens with one attached hydrogen (secondary N) is 1. The molecule has 0 radical (unpaired) electrons. The summed E-state index contributed by atoms with van der Waals surface area (Å²) in [4.78, 5) is 24.3. The molecule has 0 spiro atoms. The molecule has 1 aromatic rings. The van der Waals surface area contributed by atoms with E-state index in [4.69, 9.17) is 0 Å². The van der Waals surface area contributed by atoms with Gasteiger partial charge < -0.3 is 14.7 Å². The molecule has 1 N–H and O–H groups in total. The first kappa shape index (κ1) is 19.6. The number of benzene rings is 1. The maximum Gasteiger partial charge on any atom is 0.252 e. The Labute approximate surface area is 155 Å². The molecule has 1 aliphatic heterocycles.